The van der Waals surface area contributed by atoms with E-state index in [9.17, 15) is 9.18 Å². The predicted octanol–water partition coefficient (Wildman–Crippen LogP) is 4.37. The average molecular weight is 403 g/mol. The summed E-state index contributed by atoms with van der Waals surface area (Å²) >= 11 is 0. The van der Waals surface area contributed by atoms with Gasteiger partial charge in [0.2, 0.25) is 5.95 Å². The molecule has 2 N–H and O–H groups in total. The van der Waals surface area contributed by atoms with E-state index in [2.05, 4.69) is 25.6 Å². The van der Waals surface area contributed by atoms with E-state index >= 15 is 0 Å². The van der Waals surface area contributed by atoms with Crippen molar-refractivity contribution in [1.82, 2.24) is 20.3 Å². The van der Waals surface area contributed by atoms with E-state index in [0.29, 0.717) is 34.2 Å². The van der Waals surface area contributed by atoms with E-state index in [4.69, 9.17) is 4.74 Å². The molecule has 0 aliphatic heterocycles. The summed E-state index contributed by atoms with van der Waals surface area (Å²) in [6.07, 6.45) is 3.17. The van der Waals surface area contributed by atoms with Gasteiger partial charge in [0.05, 0.1) is 5.52 Å². The molecule has 0 atom stereocenters. The Balaban J connectivity index is 1.56. The number of rotatable bonds is 5. The first-order chi connectivity index (χ1) is 14.5. The van der Waals surface area contributed by atoms with E-state index < -0.39 is 0 Å². The SMILES string of the molecule is CNC(=O)c1cc(Oc2ccc3nc(Nc4cccc(F)c4C)ncc3c2)ccn1. The lowest BCUT2D eigenvalue weighted by molar-refractivity contribution is 0.0958. The lowest BCUT2D eigenvalue weighted by atomic mass is 10.2. The molecule has 0 bridgehead atoms. The summed E-state index contributed by atoms with van der Waals surface area (Å²) in [5.74, 6) is 0.846. The Morgan fingerprint density at radius 3 is 2.73 bits per heavy atom. The van der Waals surface area contributed by atoms with Gasteiger partial charge in [-0.3, -0.25) is 9.78 Å². The first-order valence-electron chi connectivity index (χ1n) is 9.18. The van der Waals surface area contributed by atoms with Crippen molar-refractivity contribution in [2.24, 2.45) is 0 Å². The van der Waals surface area contributed by atoms with E-state index in [1.54, 1.807) is 62.6 Å². The number of fused-ring (bicyclic) bond motifs is 1. The number of pyridine rings is 1. The van der Waals surface area contributed by atoms with Crippen molar-refractivity contribution in [1.29, 1.82) is 0 Å². The number of benzene rings is 2. The normalized spacial score (nSPS) is 10.6. The third kappa shape index (κ3) is 4.02. The fraction of sp³-hybridized carbons (Fsp3) is 0.0909. The molecule has 4 aromatic rings. The van der Waals surface area contributed by atoms with Crippen LogP contribution in [0.2, 0.25) is 0 Å². The molecule has 2 aromatic heterocycles. The van der Waals surface area contributed by atoms with Crippen LogP contribution in [-0.2, 0) is 0 Å². The van der Waals surface area contributed by atoms with Crippen molar-refractivity contribution in [3.8, 4) is 11.5 Å². The predicted molar refractivity (Wildman–Crippen MR) is 112 cm³/mol. The third-order valence-corrected chi connectivity index (χ3v) is 4.49. The zero-order chi connectivity index (χ0) is 21.1. The zero-order valence-electron chi connectivity index (χ0n) is 16.3. The topological polar surface area (TPSA) is 89.0 Å². The monoisotopic (exact) mass is 403 g/mol. The maximum atomic E-state index is 13.7. The highest BCUT2D eigenvalue weighted by Crippen LogP contribution is 2.26. The van der Waals surface area contributed by atoms with Crippen LogP contribution in [0.1, 0.15) is 16.1 Å². The molecule has 0 aliphatic carbocycles. The lowest BCUT2D eigenvalue weighted by Gasteiger charge is -2.10. The smallest absolute Gasteiger partial charge is 0.269 e. The number of hydrogen-bond donors (Lipinski definition) is 2. The van der Waals surface area contributed by atoms with Crippen molar-refractivity contribution in [3.63, 3.8) is 0 Å². The molecule has 0 aliphatic rings. The molecule has 150 valence electrons. The Morgan fingerprint density at radius 1 is 1.07 bits per heavy atom. The third-order valence-electron chi connectivity index (χ3n) is 4.49. The minimum Gasteiger partial charge on any atom is -0.457 e. The Morgan fingerprint density at radius 2 is 1.90 bits per heavy atom. The Bertz CT molecular complexity index is 1250. The van der Waals surface area contributed by atoms with Gasteiger partial charge in [0.15, 0.2) is 0 Å². The second-order valence-electron chi connectivity index (χ2n) is 6.51. The van der Waals surface area contributed by atoms with Gasteiger partial charge in [0.1, 0.15) is 23.0 Å². The molecule has 0 spiro atoms. The van der Waals surface area contributed by atoms with Gasteiger partial charge in [0.25, 0.3) is 5.91 Å². The highest BCUT2D eigenvalue weighted by atomic mass is 19.1. The van der Waals surface area contributed by atoms with Crippen molar-refractivity contribution in [2.75, 3.05) is 12.4 Å². The van der Waals surface area contributed by atoms with Gasteiger partial charge in [-0.15, -0.1) is 0 Å². The molecule has 0 unspecified atom stereocenters. The number of nitrogens with zero attached hydrogens (tertiary/aromatic N) is 3. The Labute approximate surface area is 172 Å². The Hall–Kier alpha value is -4.07. The molecule has 8 heteroatoms. The summed E-state index contributed by atoms with van der Waals surface area (Å²) < 4.78 is 19.6. The van der Waals surface area contributed by atoms with Crippen LogP contribution in [0.5, 0.6) is 11.5 Å². The second-order valence-corrected chi connectivity index (χ2v) is 6.51. The van der Waals surface area contributed by atoms with Crippen LogP contribution < -0.4 is 15.4 Å². The van der Waals surface area contributed by atoms with Gasteiger partial charge >= 0.3 is 0 Å². The molecule has 4 rings (SSSR count). The minimum atomic E-state index is -0.293. The molecule has 0 fully saturated rings. The van der Waals surface area contributed by atoms with Crippen molar-refractivity contribution < 1.29 is 13.9 Å². The van der Waals surface area contributed by atoms with Crippen molar-refractivity contribution >= 4 is 28.4 Å². The Kier molecular flexibility index (Phi) is 5.21. The fourth-order valence-corrected chi connectivity index (χ4v) is 2.86. The molecular weight excluding hydrogens is 385 g/mol. The first-order valence-corrected chi connectivity index (χ1v) is 9.18. The standard InChI is InChI=1S/C22H18FN5O2/c1-13-17(23)4-3-5-18(13)27-22-26-12-14-10-15(6-7-19(14)28-22)30-16-8-9-25-20(11-16)21(29)24-2/h3-12H,1-2H3,(H,24,29)(H,26,27,28). The van der Waals surface area contributed by atoms with Gasteiger partial charge in [-0.2, -0.15) is 0 Å². The number of amides is 1. The molecule has 0 saturated carbocycles. The van der Waals surface area contributed by atoms with Crippen molar-refractivity contribution in [3.05, 3.63) is 78.0 Å². The van der Waals surface area contributed by atoms with Crippen LogP contribution in [0.4, 0.5) is 16.0 Å². The number of halogens is 1. The van der Waals surface area contributed by atoms with Crippen LogP contribution in [0.3, 0.4) is 0 Å². The number of nitrogens with one attached hydrogen (secondary N) is 2. The fourth-order valence-electron chi connectivity index (χ4n) is 2.86. The van der Waals surface area contributed by atoms with Gasteiger partial charge < -0.3 is 15.4 Å². The van der Waals surface area contributed by atoms with Gasteiger partial charge in [-0.1, -0.05) is 6.07 Å². The number of carbonyl (C=O) groups is 1. The molecule has 1 amide bonds. The molecule has 2 aromatic carbocycles. The quantitative estimate of drug-likeness (QED) is 0.514. The van der Waals surface area contributed by atoms with Crippen LogP contribution >= 0.6 is 0 Å². The number of anilines is 2. The largest absolute Gasteiger partial charge is 0.457 e. The van der Waals surface area contributed by atoms with Crippen LogP contribution in [0.25, 0.3) is 10.9 Å². The maximum absolute atomic E-state index is 13.7. The maximum Gasteiger partial charge on any atom is 0.269 e. The molecule has 2 heterocycles. The van der Waals surface area contributed by atoms with Crippen LogP contribution in [0, 0.1) is 12.7 Å². The number of carbonyl (C=O) groups excluding carboxylic acids is 1. The molecular formula is C22H18FN5O2. The van der Waals surface area contributed by atoms with E-state index in [-0.39, 0.29) is 17.4 Å². The summed E-state index contributed by atoms with van der Waals surface area (Å²) in [5.41, 5.74) is 2.08. The summed E-state index contributed by atoms with van der Waals surface area (Å²) in [6.45, 7) is 1.69. The van der Waals surface area contributed by atoms with E-state index in [0.717, 1.165) is 5.39 Å². The number of hydrogen-bond acceptors (Lipinski definition) is 6. The van der Waals surface area contributed by atoms with Gasteiger partial charge in [0, 0.05) is 42.1 Å². The first kappa shape index (κ1) is 19.3. The second kappa shape index (κ2) is 8.12. The number of ether oxygens (including phenoxy) is 1. The lowest BCUT2D eigenvalue weighted by Crippen LogP contribution is -2.18. The van der Waals surface area contributed by atoms with Gasteiger partial charge in [-0.05, 0) is 43.3 Å². The van der Waals surface area contributed by atoms with E-state index in [1.165, 1.54) is 12.3 Å². The summed E-state index contributed by atoms with van der Waals surface area (Å²) in [4.78, 5) is 24.5. The van der Waals surface area contributed by atoms with E-state index in [1.807, 2.05) is 0 Å². The van der Waals surface area contributed by atoms with Crippen molar-refractivity contribution in [2.45, 2.75) is 6.92 Å². The summed E-state index contributed by atoms with van der Waals surface area (Å²) in [6, 6.07) is 13.4. The summed E-state index contributed by atoms with van der Waals surface area (Å²) in [7, 11) is 1.54. The average Bonchev–Trinajstić information content (AvgIpc) is 2.76. The molecule has 30 heavy (non-hydrogen) atoms. The molecule has 0 saturated heterocycles. The minimum absolute atomic E-state index is 0.266. The number of aromatic nitrogens is 3. The zero-order valence-corrected chi connectivity index (χ0v) is 16.3. The highest BCUT2D eigenvalue weighted by molar-refractivity contribution is 5.92. The van der Waals surface area contributed by atoms with Crippen LogP contribution in [-0.4, -0.2) is 27.9 Å². The molecule has 0 radical (unpaired) electrons. The van der Waals surface area contributed by atoms with Crippen LogP contribution in [0.15, 0.2) is 60.9 Å². The van der Waals surface area contributed by atoms with Gasteiger partial charge in [-0.25, -0.2) is 14.4 Å². The summed E-state index contributed by atoms with van der Waals surface area (Å²) in [5, 5.41) is 6.34. The highest BCUT2D eigenvalue weighted by Gasteiger charge is 2.09. The molecule has 7 nitrogen and oxygen atoms in total.